The minimum Gasteiger partial charge on any atom is -0.378 e. The zero-order valence-corrected chi connectivity index (χ0v) is 12.6. The highest BCUT2D eigenvalue weighted by Crippen LogP contribution is 2.30. The van der Waals surface area contributed by atoms with E-state index < -0.39 is 0 Å². The number of rotatable bonds is 5. The minimum atomic E-state index is -0.342. The number of benzene rings is 2. The summed E-state index contributed by atoms with van der Waals surface area (Å²) >= 11 is 0. The predicted octanol–water partition coefficient (Wildman–Crippen LogP) is 4.29. The van der Waals surface area contributed by atoms with Gasteiger partial charge in [-0.25, -0.2) is 0 Å². The van der Waals surface area contributed by atoms with E-state index in [1.165, 1.54) is 11.6 Å². The van der Waals surface area contributed by atoms with E-state index in [1.807, 2.05) is 31.2 Å². The lowest BCUT2D eigenvalue weighted by atomic mass is 9.84. The van der Waals surface area contributed by atoms with Gasteiger partial charge in [-0.3, -0.25) is 10.1 Å². The van der Waals surface area contributed by atoms with Gasteiger partial charge in [0.05, 0.1) is 4.92 Å². The van der Waals surface area contributed by atoms with Crippen molar-refractivity contribution in [3.05, 3.63) is 69.8 Å². The highest BCUT2D eigenvalue weighted by Gasteiger charge is 2.22. The van der Waals surface area contributed by atoms with E-state index >= 15 is 0 Å². The third-order valence-corrected chi connectivity index (χ3v) is 3.71. The number of aryl methyl sites for hydroxylation is 1. The molecule has 0 atom stereocenters. The molecule has 0 spiro atoms. The summed E-state index contributed by atoms with van der Waals surface area (Å²) < 4.78 is 0. The van der Waals surface area contributed by atoms with Gasteiger partial charge in [-0.2, -0.15) is 0 Å². The third-order valence-electron chi connectivity index (χ3n) is 3.71. The van der Waals surface area contributed by atoms with Gasteiger partial charge in [0.1, 0.15) is 5.69 Å². The molecule has 0 heterocycles. The molecule has 1 N–H and O–H groups in total. The molecule has 4 nitrogen and oxygen atoms in total. The SMILES string of the molecule is Cc1cccc([N+](=O)[O-])c1NCC(C)(C)c1ccccc1. The Labute approximate surface area is 125 Å². The molecule has 4 heteroatoms. The monoisotopic (exact) mass is 284 g/mol. The standard InChI is InChI=1S/C17H20N2O2/c1-13-8-7-11-15(19(20)21)16(13)18-12-17(2,3)14-9-5-4-6-10-14/h4-11,18H,12H2,1-3H3. The van der Waals surface area contributed by atoms with Crippen molar-refractivity contribution in [2.45, 2.75) is 26.2 Å². The molecular weight excluding hydrogens is 264 g/mol. The molecule has 0 bridgehead atoms. The molecule has 0 aromatic heterocycles. The van der Waals surface area contributed by atoms with E-state index in [4.69, 9.17) is 0 Å². The smallest absolute Gasteiger partial charge is 0.292 e. The highest BCUT2D eigenvalue weighted by molar-refractivity contribution is 5.66. The summed E-state index contributed by atoms with van der Waals surface area (Å²) in [5.41, 5.74) is 2.70. The number of hydrogen-bond acceptors (Lipinski definition) is 3. The zero-order valence-electron chi connectivity index (χ0n) is 12.6. The van der Waals surface area contributed by atoms with Crippen LogP contribution in [0.5, 0.6) is 0 Å². The summed E-state index contributed by atoms with van der Waals surface area (Å²) in [5.74, 6) is 0. The van der Waals surface area contributed by atoms with Crippen molar-refractivity contribution in [3.8, 4) is 0 Å². The van der Waals surface area contributed by atoms with E-state index in [-0.39, 0.29) is 16.0 Å². The van der Waals surface area contributed by atoms with Crippen molar-refractivity contribution in [1.82, 2.24) is 0 Å². The number of hydrogen-bond donors (Lipinski definition) is 1. The summed E-state index contributed by atoms with van der Waals surface area (Å²) in [4.78, 5) is 10.8. The Balaban J connectivity index is 2.22. The molecule has 21 heavy (non-hydrogen) atoms. The molecule has 0 unspecified atom stereocenters. The van der Waals surface area contributed by atoms with Crippen LogP contribution in [0.3, 0.4) is 0 Å². The number of nitro groups is 1. The molecule has 0 radical (unpaired) electrons. The molecule has 0 amide bonds. The fourth-order valence-corrected chi connectivity index (χ4v) is 2.34. The molecule has 0 aliphatic carbocycles. The van der Waals surface area contributed by atoms with E-state index in [0.717, 1.165) is 5.56 Å². The van der Waals surface area contributed by atoms with Crippen LogP contribution in [-0.2, 0) is 5.41 Å². The summed E-state index contributed by atoms with van der Waals surface area (Å²) in [7, 11) is 0. The molecule has 0 aliphatic rings. The molecule has 0 saturated heterocycles. The van der Waals surface area contributed by atoms with Crippen LogP contribution < -0.4 is 5.32 Å². The van der Waals surface area contributed by atoms with Gasteiger partial charge in [0.25, 0.3) is 5.69 Å². The first-order valence-electron chi connectivity index (χ1n) is 6.95. The minimum absolute atomic E-state index is 0.114. The highest BCUT2D eigenvalue weighted by atomic mass is 16.6. The van der Waals surface area contributed by atoms with E-state index in [9.17, 15) is 10.1 Å². The molecule has 0 fully saturated rings. The van der Waals surface area contributed by atoms with Crippen LogP contribution in [-0.4, -0.2) is 11.5 Å². The number of nitrogens with one attached hydrogen (secondary N) is 1. The van der Waals surface area contributed by atoms with Gasteiger partial charge >= 0.3 is 0 Å². The van der Waals surface area contributed by atoms with Crippen LogP contribution in [0, 0.1) is 17.0 Å². The lowest BCUT2D eigenvalue weighted by Gasteiger charge is -2.26. The van der Waals surface area contributed by atoms with Crippen molar-refractivity contribution in [3.63, 3.8) is 0 Å². The number of nitro benzene ring substituents is 1. The lowest BCUT2D eigenvalue weighted by Crippen LogP contribution is -2.28. The van der Waals surface area contributed by atoms with Gasteiger partial charge < -0.3 is 5.32 Å². The quantitative estimate of drug-likeness (QED) is 0.658. The van der Waals surface area contributed by atoms with Crippen LogP contribution in [0.4, 0.5) is 11.4 Å². The van der Waals surface area contributed by atoms with Gasteiger partial charge in [0.2, 0.25) is 0 Å². The van der Waals surface area contributed by atoms with Crippen LogP contribution in [0.1, 0.15) is 25.0 Å². The number of nitrogens with zero attached hydrogens (tertiary/aromatic N) is 1. The largest absolute Gasteiger partial charge is 0.378 e. The van der Waals surface area contributed by atoms with Crippen molar-refractivity contribution >= 4 is 11.4 Å². The summed E-state index contributed by atoms with van der Waals surface area (Å²) in [5, 5.41) is 14.4. The fourth-order valence-electron chi connectivity index (χ4n) is 2.34. The number of para-hydroxylation sites is 1. The summed E-state index contributed by atoms with van der Waals surface area (Å²) in [6, 6.07) is 15.3. The normalized spacial score (nSPS) is 11.2. The van der Waals surface area contributed by atoms with Gasteiger partial charge in [-0.05, 0) is 18.1 Å². The maximum Gasteiger partial charge on any atom is 0.292 e. The predicted molar refractivity (Wildman–Crippen MR) is 85.8 cm³/mol. The molecule has 0 saturated carbocycles. The Bertz CT molecular complexity index is 636. The fraction of sp³-hybridized carbons (Fsp3) is 0.294. The molecular formula is C17H20N2O2. The Kier molecular flexibility index (Phi) is 4.26. The Morgan fingerprint density at radius 3 is 2.38 bits per heavy atom. The first-order chi connectivity index (χ1) is 9.92. The molecule has 2 aromatic carbocycles. The molecule has 0 aliphatic heterocycles. The summed E-state index contributed by atoms with van der Waals surface area (Å²) in [6.45, 7) is 6.76. The van der Waals surface area contributed by atoms with E-state index in [0.29, 0.717) is 12.2 Å². The van der Waals surface area contributed by atoms with Crippen molar-refractivity contribution in [2.75, 3.05) is 11.9 Å². The van der Waals surface area contributed by atoms with Crippen LogP contribution in [0.15, 0.2) is 48.5 Å². The van der Waals surface area contributed by atoms with E-state index in [1.54, 1.807) is 6.07 Å². The van der Waals surface area contributed by atoms with Crippen molar-refractivity contribution in [2.24, 2.45) is 0 Å². The maximum atomic E-state index is 11.1. The third kappa shape index (κ3) is 3.40. The molecule has 2 aromatic rings. The van der Waals surface area contributed by atoms with Crippen LogP contribution in [0.25, 0.3) is 0 Å². The van der Waals surface area contributed by atoms with Crippen molar-refractivity contribution in [1.29, 1.82) is 0 Å². The van der Waals surface area contributed by atoms with Gasteiger partial charge in [-0.1, -0.05) is 56.3 Å². The van der Waals surface area contributed by atoms with E-state index in [2.05, 4.69) is 31.3 Å². The van der Waals surface area contributed by atoms with Crippen molar-refractivity contribution < 1.29 is 4.92 Å². The van der Waals surface area contributed by atoms with Gasteiger partial charge in [-0.15, -0.1) is 0 Å². The summed E-state index contributed by atoms with van der Waals surface area (Å²) in [6.07, 6.45) is 0. The average Bonchev–Trinajstić information content (AvgIpc) is 2.46. The molecule has 2 rings (SSSR count). The topological polar surface area (TPSA) is 55.2 Å². The average molecular weight is 284 g/mol. The lowest BCUT2D eigenvalue weighted by molar-refractivity contribution is -0.384. The first kappa shape index (κ1) is 15.0. The van der Waals surface area contributed by atoms with Gasteiger partial charge in [0.15, 0.2) is 0 Å². The number of anilines is 1. The van der Waals surface area contributed by atoms with Gasteiger partial charge in [0, 0.05) is 18.0 Å². The van der Waals surface area contributed by atoms with Crippen LogP contribution >= 0.6 is 0 Å². The Morgan fingerprint density at radius 2 is 1.76 bits per heavy atom. The molecule has 110 valence electrons. The zero-order chi connectivity index (χ0) is 15.5. The Hall–Kier alpha value is -2.36. The second kappa shape index (κ2) is 5.95. The maximum absolute atomic E-state index is 11.1. The second-order valence-electron chi connectivity index (χ2n) is 5.83. The Morgan fingerprint density at radius 1 is 1.10 bits per heavy atom. The first-order valence-corrected chi connectivity index (χ1v) is 6.95. The van der Waals surface area contributed by atoms with Crippen LogP contribution in [0.2, 0.25) is 0 Å². The second-order valence-corrected chi connectivity index (χ2v) is 5.83.